The van der Waals surface area contributed by atoms with Crippen molar-refractivity contribution in [2.24, 2.45) is 0 Å². The minimum absolute atomic E-state index is 0.0188. The molecule has 1 fully saturated rings. The molecule has 0 N–H and O–H groups in total. The van der Waals surface area contributed by atoms with Gasteiger partial charge in [0, 0.05) is 39.4 Å². The topological polar surface area (TPSA) is 47.4 Å². The van der Waals surface area contributed by atoms with Crippen molar-refractivity contribution in [1.82, 2.24) is 14.5 Å². The molecule has 0 atom stereocenters. The first-order chi connectivity index (χ1) is 8.68. The van der Waals surface area contributed by atoms with E-state index in [0.29, 0.717) is 6.04 Å². The van der Waals surface area contributed by atoms with Gasteiger partial charge in [0.25, 0.3) is 0 Å². The number of aromatic nitrogens is 2. The molecule has 1 aliphatic rings. The molecule has 1 saturated heterocycles. The Morgan fingerprint density at radius 3 is 2.89 bits per heavy atom. The van der Waals surface area contributed by atoms with Crippen LogP contribution in [-0.2, 0) is 9.53 Å². The van der Waals surface area contributed by atoms with Gasteiger partial charge in [-0.15, -0.1) is 0 Å². The van der Waals surface area contributed by atoms with Crippen molar-refractivity contribution in [3.8, 4) is 0 Å². The SMILES string of the molecule is CN(C)C(=O)/C=C/c1cncn1C1CCOCC1. The minimum Gasteiger partial charge on any atom is -0.381 e. The highest BCUT2D eigenvalue weighted by Gasteiger charge is 2.16. The molecular formula is C13H19N3O2. The van der Waals surface area contributed by atoms with Crippen LogP contribution in [0.4, 0.5) is 0 Å². The second-order valence-electron chi connectivity index (χ2n) is 4.64. The molecule has 0 aliphatic carbocycles. The van der Waals surface area contributed by atoms with Crippen LogP contribution in [0.5, 0.6) is 0 Å². The normalized spacial score (nSPS) is 17.2. The maximum absolute atomic E-state index is 11.5. The molecule has 0 aromatic carbocycles. The van der Waals surface area contributed by atoms with Crippen LogP contribution in [0.2, 0.25) is 0 Å². The van der Waals surface area contributed by atoms with Gasteiger partial charge in [0.05, 0.1) is 18.2 Å². The van der Waals surface area contributed by atoms with E-state index >= 15 is 0 Å². The summed E-state index contributed by atoms with van der Waals surface area (Å²) in [6.45, 7) is 1.59. The number of ether oxygens (including phenoxy) is 1. The Bertz CT molecular complexity index is 431. The average molecular weight is 249 g/mol. The first-order valence-corrected chi connectivity index (χ1v) is 6.17. The number of amides is 1. The van der Waals surface area contributed by atoms with Crippen molar-refractivity contribution >= 4 is 12.0 Å². The van der Waals surface area contributed by atoms with Crippen molar-refractivity contribution in [3.63, 3.8) is 0 Å². The van der Waals surface area contributed by atoms with Crippen LogP contribution in [0.1, 0.15) is 24.6 Å². The lowest BCUT2D eigenvalue weighted by Crippen LogP contribution is -2.20. The number of likely N-dealkylation sites (N-methyl/N-ethyl adjacent to an activating group) is 1. The van der Waals surface area contributed by atoms with Crippen LogP contribution < -0.4 is 0 Å². The number of imidazole rings is 1. The zero-order chi connectivity index (χ0) is 13.0. The summed E-state index contributed by atoms with van der Waals surface area (Å²) >= 11 is 0. The first-order valence-electron chi connectivity index (χ1n) is 6.17. The van der Waals surface area contributed by atoms with E-state index in [1.807, 2.05) is 12.4 Å². The molecule has 2 heterocycles. The van der Waals surface area contributed by atoms with Gasteiger partial charge in [-0.1, -0.05) is 0 Å². The fraction of sp³-hybridized carbons (Fsp3) is 0.538. The van der Waals surface area contributed by atoms with Crippen molar-refractivity contribution in [2.45, 2.75) is 18.9 Å². The second kappa shape index (κ2) is 5.82. The van der Waals surface area contributed by atoms with Crippen LogP contribution in [0.15, 0.2) is 18.6 Å². The van der Waals surface area contributed by atoms with Gasteiger partial charge in [-0.05, 0) is 18.9 Å². The first kappa shape index (κ1) is 12.8. The fourth-order valence-corrected chi connectivity index (χ4v) is 2.02. The van der Waals surface area contributed by atoms with Gasteiger partial charge in [0.2, 0.25) is 5.91 Å². The Kier molecular flexibility index (Phi) is 4.15. The molecule has 1 aliphatic heterocycles. The summed E-state index contributed by atoms with van der Waals surface area (Å²) in [5, 5.41) is 0. The molecule has 2 rings (SSSR count). The lowest BCUT2D eigenvalue weighted by Gasteiger charge is -2.24. The highest BCUT2D eigenvalue weighted by Crippen LogP contribution is 2.22. The summed E-state index contributed by atoms with van der Waals surface area (Å²) in [5.41, 5.74) is 0.970. The quantitative estimate of drug-likeness (QED) is 0.759. The molecule has 1 aromatic rings. The van der Waals surface area contributed by atoms with E-state index in [0.717, 1.165) is 31.7 Å². The van der Waals surface area contributed by atoms with Crippen LogP contribution in [-0.4, -0.2) is 47.7 Å². The number of carbonyl (C=O) groups excluding carboxylic acids is 1. The maximum atomic E-state index is 11.5. The van der Waals surface area contributed by atoms with Crippen LogP contribution in [0.25, 0.3) is 6.08 Å². The number of nitrogens with zero attached hydrogens (tertiary/aromatic N) is 3. The van der Waals surface area contributed by atoms with Gasteiger partial charge in [-0.3, -0.25) is 4.79 Å². The zero-order valence-electron chi connectivity index (χ0n) is 10.9. The molecule has 0 bridgehead atoms. The van der Waals surface area contributed by atoms with Crippen molar-refractivity contribution in [1.29, 1.82) is 0 Å². The van der Waals surface area contributed by atoms with Crippen LogP contribution in [0.3, 0.4) is 0 Å². The summed E-state index contributed by atoms with van der Waals surface area (Å²) in [5.74, 6) is -0.0188. The molecule has 0 unspecified atom stereocenters. The minimum atomic E-state index is -0.0188. The summed E-state index contributed by atoms with van der Waals surface area (Å²) in [4.78, 5) is 17.2. The molecule has 18 heavy (non-hydrogen) atoms. The average Bonchev–Trinajstić information content (AvgIpc) is 2.85. The third-order valence-electron chi connectivity index (χ3n) is 3.12. The van der Waals surface area contributed by atoms with E-state index in [4.69, 9.17) is 4.74 Å². The van der Waals surface area contributed by atoms with Crippen molar-refractivity contribution in [3.05, 3.63) is 24.3 Å². The van der Waals surface area contributed by atoms with Gasteiger partial charge < -0.3 is 14.2 Å². The Labute approximate surface area is 107 Å². The smallest absolute Gasteiger partial charge is 0.246 e. The predicted octanol–water partition coefficient (Wildman–Crippen LogP) is 1.34. The molecule has 98 valence electrons. The van der Waals surface area contributed by atoms with Crippen molar-refractivity contribution < 1.29 is 9.53 Å². The number of hydrogen-bond acceptors (Lipinski definition) is 3. The molecule has 1 amide bonds. The third-order valence-corrected chi connectivity index (χ3v) is 3.12. The molecule has 0 saturated carbocycles. The lowest BCUT2D eigenvalue weighted by molar-refractivity contribution is -0.123. The van der Waals surface area contributed by atoms with E-state index < -0.39 is 0 Å². The largest absolute Gasteiger partial charge is 0.381 e. The number of hydrogen-bond donors (Lipinski definition) is 0. The van der Waals surface area contributed by atoms with Crippen LogP contribution >= 0.6 is 0 Å². The van der Waals surface area contributed by atoms with E-state index in [1.165, 1.54) is 0 Å². The number of rotatable bonds is 3. The molecule has 5 nitrogen and oxygen atoms in total. The van der Waals surface area contributed by atoms with E-state index in [1.54, 1.807) is 31.3 Å². The summed E-state index contributed by atoms with van der Waals surface area (Å²) < 4.78 is 7.48. The monoisotopic (exact) mass is 249 g/mol. The molecule has 1 aromatic heterocycles. The highest BCUT2D eigenvalue weighted by atomic mass is 16.5. The fourth-order valence-electron chi connectivity index (χ4n) is 2.02. The van der Waals surface area contributed by atoms with E-state index in [9.17, 15) is 4.79 Å². The maximum Gasteiger partial charge on any atom is 0.246 e. The van der Waals surface area contributed by atoms with Gasteiger partial charge in [-0.2, -0.15) is 0 Å². The Balaban J connectivity index is 2.09. The van der Waals surface area contributed by atoms with Crippen molar-refractivity contribution in [2.75, 3.05) is 27.3 Å². The van der Waals surface area contributed by atoms with Gasteiger partial charge in [0.1, 0.15) is 0 Å². The summed E-state index contributed by atoms with van der Waals surface area (Å²) in [6, 6.07) is 0.426. The number of carbonyl (C=O) groups is 1. The molecular weight excluding hydrogens is 230 g/mol. The lowest BCUT2D eigenvalue weighted by atomic mass is 10.1. The predicted molar refractivity (Wildman–Crippen MR) is 69.0 cm³/mol. The summed E-state index contributed by atoms with van der Waals surface area (Å²) in [7, 11) is 3.48. The third kappa shape index (κ3) is 2.98. The highest BCUT2D eigenvalue weighted by molar-refractivity contribution is 5.91. The van der Waals surface area contributed by atoms with Gasteiger partial charge in [0.15, 0.2) is 0 Å². The molecule has 5 heteroatoms. The van der Waals surface area contributed by atoms with E-state index in [2.05, 4.69) is 9.55 Å². The van der Waals surface area contributed by atoms with Crippen LogP contribution in [0, 0.1) is 0 Å². The van der Waals surface area contributed by atoms with Gasteiger partial charge in [-0.25, -0.2) is 4.98 Å². The molecule has 0 radical (unpaired) electrons. The van der Waals surface area contributed by atoms with Gasteiger partial charge >= 0.3 is 0 Å². The second-order valence-corrected chi connectivity index (χ2v) is 4.64. The molecule has 0 spiro atoms. The zero-order valence-corrected chi connectivity index (χ0v) is 10.9. The standard InChI is InChI=1S/C13H19N3O2/c1-15(2)13(17)4-3-12-9-14-10-16(12)11-5-7-18-8-6-11/h3-4,9-11H,5-8H2,1-2H3/b4-3+. The Morgan fingerprint density at radius 2 is 2.22 bits per heavy atom. The Morgan fingerprint density at radius 1 is 1.50 bits per heavy atom. The van der Waals surface area contributed by atoms with E-state index in [-0.39, 0.29) is 5.91 Å². The Hall–Kier alpha value is -1.62. The summed E-state index contributed by atoms with van der Waals surface area (Å²) in [6.07, 6.45) is 9.01.